The molecule has 0 aliphatic heterocycles. The first kappa shape index (κ1) is 15.4. The van der Waals surface area contributed by atoms with Gasteiger partial charge in [0.15, 0.2) is 0 Å². The molecule has 0 saturated heterocycles. The third-order valence-corrected chi connectivity index (χ3v) is 4.42. The summed E-state index contributed by atoms with van der Waals surface area (Å²) in [7, 11) is -3.84. The van der Waals surface area contributed by atoms with E-state index in [2.05, 4.69) is 25.6 Å². The number of aromatic nitrogens is 1. The van der Waals surface area contributed by atoms with Gasteiger partial charge >= 0.3 is 0 Å². The summed E-state index contributed by atoms with van der Waals surface area (Å²) in [4.78, 5) is 13.9. The largest absolute Gasteiger partial charge is 0.269 e. The number of rotatable bonds is 4. The molecule has 2 aromatic rings. The minimum atomic E-state index is -3.84. The Kier molecular flexibility index (Phi) is 4.24. The van der Waals surface area contributed by atoms with Crippen LogP contribution in [0, 0.1) is 17.0 Å². The van der Waals surface area contributed by atoms with Crippen molar-refractivity contribution in [3.8, 4) is 0 Å². The number of non-ortho nitro benzene ring substituents is 1. The highest BCUT2D eigenvalue weighted by atomic mass is 79.9. The Morgan fingerprint density at radius 2 is 1.90 bits per heavy atom. The van der Waals surface area contributed by atoms with Gasteiger partial charge in [0.1, 0.15) is 5.82 Å². The number of nitrogens with zero attached hydrogens (tertiary/aromatic N) is 2. The van der Waals surface area contributed by atoms with E-state index in [0.29, 0.717) is 5.56 Å². The van der Waals surface area contributed by atoms with Gasteiger partial charge in [-0.2, -0.15) is 0 Å². The summed E-state index contributed by atoms with van der Waals surface area (Å²) in [5.74, 6) is 0.205. The van der Waals surface area contributed by atoms with Gasteiger partial charge in [0.2, 0.25) is 0 Å². The first-order chi connectivity index (χ1) is 9.79. The van der Waals surface area contributed by atoms with Crippen LogP contribution in [-0.4, -0.2) is 18.3 Å². The second-order valence-electron chi connectivity index (χ2n) is 4.18. The fourth-order valence-electron chi connectivity index (χ4n) is 1.58. The van der Waals surface area contributed by atoms with Crippen LogP contribution in [0.3, 0.4) is 0 Å². The Morgan fingerprint density at radius 1 is 1.29 bits per heavy atom. The topological polar surface area (TPSA) is 102 Å². The van der Waals surface area contributed by atoms with Gasteiger partial charge in [-0.1, -0.05) is 0 Å². The maximum Gasteiger partial charge on any atom is 0.269 e. The monoisotopic (exact) mass is 371 g/mol. The van der Waals surface area contributed by atoms with Gasteiger partial charge < -0.3 is 0 Å². The average Bonchev–Trinajstić information content (AvgIpc) is 2.42. The van der Waals surface area contributed by atoms with Gasteiger partial charge in [-0.3, -0.25) is 14.8 Å². The fraction of sp³-hybridized carbons (Fsp3) is 0.0833. The lowest BCUT2D eigenvalue weighted by atomic mass is 10.3. The third kappa shape index (κ3) is 3.56. The van der Waals surface area contributed by atoms with Crippen molar-refractivity contribution < 1.29 is 13.3 Å². The SMILES string of the molecule is Cc1cc(Br)cnc1NS(=O)(=O)c1ccc([N+](=O)[O-])cc1. The number of nitrogens with one attached hydrogen (secondary N) is 1. The van der Waals surface area contributed by atoms with Crippen LogP contribution < -0.4 is 4.72 Å². The number of sulfonamides is 1. The number of pyridine rings is 1. The summed E-state index contributed by atoms with van der Waals surface area (Å²) < 4.78 is 27.5. The lowest BCUT2D eigenvalue weighted by molar-refractivity contribution is -0.384. The average molecular weight is 372 g/mol. The van der Waals surface area contributed by atoms with Crippen LogP contribution in [0.1, 0.15) is 5.56 Å². The van der Waals surface area contributed by atoms with Gasteiger partial charge in [-0.25, -0.2) is 13.4 Å². The lowest BCUT2D eigenvalue weighted by Gasteiger charge is -2.09. The molecule has 1 aromatic heterocycles. The van der Waals surface area contributed by atoms with Crippen molar-refractivity contribution in [2.75, 3.05) is 4.72 Å². The predicted octanol–water partition coefficient (Wildman–Crippen LogP) is 2.86. The van der Waals surface area contributed by atoms with Crippen molar-refractivity contribution in [1.82, 2.24) is 4.98 Å². The Labute approximate surface area is 129 Å². The number of hydrogen-bond donors (Lipinski definition) is 1. The molecule has 1 N–H and O–H groups in total. The van der Waals surface area contributed by atoms with Gasteiger partial charge in [-0.05, 0) is 46.6 Å². The van der Waals surface area contributed by atoms with E-state index < -0.39 is 14.9 Å². The summed E-state index contributed by atoms with van der Waals surface area (Å²) in [6, 6.07) is 6.34. The molecule has 0 radical (unpaired) electrons. The summed E-state index contributed by atoms with van der Waals surface area (Å²) in [6.45, 7) is 1.71. The molecule has 0 unspecified atom stereocenters. The van der Waals surface area contributed by atoms with Crippen LogP contribution in [0.15, 0.2) is 45.9 Å². The normalized spacial score (nSPS) is 11.1. The second-order valence-corrected chi connectivity index (χ2v) is 6.77. The van der Waals surface area contributed by atoms with Crippen LogP contribution in [0.5, 0.6) is 0 Å². The first-order valence-electron chi connectivity index (χ1n) is 5.69. The molecule has 0 saturated carbocycles. The number of nitro groups is 1. The Balaban J connectivity index is 2.31. The maximum absolute atomic E-state index is 12.2. The van der Waals surface area contributed by atoms with Crippen LogP contribution in [0.25, 0.3) is 0 Å². The molecule has 0 aliphatic carbocycles. The Morgan fingerprint density at radius 3 is 2.43 bits per heavy atom. The molecule has 0 aliphatic rings. The molecule has 21 heavy (non-hydrogen) atoms. The number of hydrogen-bond acceptors (Lipinski definition) is 5. The molecule has 0 atom stereocenters. The summed E-state index contributed by atoms with van der Waals surface area (Å²) >= 11 is 3.24. The van der Waals surface area contributed by atoms with Crippen molar-refractivity contribution in [2.24, 2.45) is 0 Å². The zero-order chi connectivity index (χ0) is 15.6. The molecular weight excluding hydrogens is 362 g/mol. The molecule has 9 heteroatoms. The number of aryl methyl sites for hydroxylation is 1. The van der Waals surface area contributed by atoms with Crippen LogP contribution in [0.4, 0.5) is 11.5 Å². The van der Waals surface area contributed by atoms with Crippen molar-refractivity contribution >= 4 is 37.5 Å². The van der Waals surface area contributed by atoms with E-state index in [9.17, 15) is 18.5 Å². The van der Waals surface area contributed by atoms with Gasteiger partial charge in [0.05, 0.1) is 9.82 Å². The summed E-state index contributed by atoms with van der Waals surface area (Å²) in [5, 5.41) is 10.6. The number of anilines is 1. The molecular formula is C12H10BrN3O4S. The zero-order valence-corrected chi connectivity index (χ0v) is 13.2. The van der Waals surface area contributed by atoms with Gasteiger partial charge in [-0.15, -0.1) is 0 Å². The number of benzene rings is 1. The highest BCUT2D eigenvalue weighted by Gasteiger charge is 2.17. The van der Waals surface area contributed by atoms with Crippen LogP contribution >= 0.6 is 15.9 Å². The Bertz CT molecular complexity index is 791. The predicted molar refractivity (Wildman–Crippen MR) is 80.6 cm³/mol. The first-order valence-corrected chi connectivity index (χ1v) is 7.96. The van der Waals surface area contributed by atoms with Gasteiger partial charge in [0.25, 0.3) is 15.7 Å². The molecule has 0 fully saturated rings. The van der Waals surface area contributed by atoms with E-state index >= 15 is 0 Å². The van der Waals surface area contributed by atoms with Crippen molar-refractivity contribution in [1.29, 1.82) is 0 Å². The molecule has 7 nitrogen and oxygen atoms in total. The van der Waals surface area contributed by atoms with Crippen LogP contribution in [-0.2, 0) is 10.0 Å². The zero-order valence-electron chi connectivity index (χ0n) is 10.8. The fourth-order valence-corrected chi connectivity index (χ4v) is 3.11. The van der Waals surface area contributed by atoms with E-state index in [1.807, 2.05) is 0 Å². The summed E-state index contributed by atoms with van der Waals surface area (Å²) in [5.41, 5.74) is 0.474. The Hall–Kier alpha value is -2.00. The lowest BCUT2D eigenvalue weighted by Crippen LogP contribution is -2.14. The van der Waals surface area contributed by atoms with E-state index in [1.54, 1.807) is 13.0 Å². The van der Waals surface area contributed by atoms with Crippen molar-refractivity contribution in [3.63, 3.8) is 0 Å². The van der Waals surface area contributed by atoms with E-state index in [4.69, 9.17) is 0 Å². The molecule has 1 aromatic carbocycles. The highest BCUT2D eigenvalue weighted by Crippen LogP contribution is 2.21. The number of halogens is 1. The smallest absolute Gasteiger partial charge is 0.263 e. The van der Waals surface area contributed by atoms with E-state index in [-0.39, 0.29) is 16.4 Å². The highest BCUT2D eigenvalue weighted by molar-refractivity contribution is 9.10. The van der Waals surface area contributed by atoms with E-state index in [1.165, 1.54) is 18.3 Å². The molecule has 0 spiro atoms. The van der Waals surface area contributed by atoms with Crippen molar-refractivity contribution in [3.05, 3.63) is 56.7 Å². The van der Waals surface area contributed by atoms with Gasteiger partial charge in [0, 0.05) is 22.8 Å². The minimum Gasteiger partial charge on any atom is -0.263 e. The molecule has 0 amide bonds. The maximum atomic E-state index is 12.2. The standard InChI is InChI=1S/C12H10BrN3O4S/c1-8-6-9(13)7-14-12(8)15-21(19,20)11-4-2-10(3-5-11)16(17)18/h2-7H,1H3,(H,14,15). The molecule has 1 heterocycles. The summed E-state index contributed by atoms with van der Waals surface area (Å²) in [6.07, 6.45) is 1.47. The second kappa shape index (κ2) is 5.78. The van der Waals surface area contributed by atoms with Crippen molar-refractivity contribution in [2.45, 2.75) is 11.8 Å². The molecule has 0 bridgehead atoms. The van der Waals surface area contributed by atoms with E-state index in [0.717, 1.165) is 16.6 Å². The molecule has 110 valence electrons. The molecule has 2 rings (SSSR count). The van der Waals surface area contributed by atoms with Crippen LogP contribution in [0.2, 0.25) is 0 Å². The quantitative estimate of drug-likeness (QED) is 0.657. The number of nitro benzene ring substituents is 1. The third-order valence-electron chi connectivity index (χ3n) is 2.63. The minimum absolute atomic E-state index is 0.0720.